The molecule has 4 nitrogen and oxygen atoms in total. The van der Waals surface area contributed by atoms with Crippen LogP contribution in [0.3, 0.4) is 0 Å². The molecule has 0 bridgehead atoms. The number of hydrogen-bond acceptors (Lipinski definition) is 3. The van der Waals surface area contributed by atoms with Gasteiger partial charge in [-0.05, 0) is 39.8 Å². The van der Waals surface area contributed by atoms with Crippen LogP contribution in [0.2, 0.25) is 5.15 Å². The first-order valence-corrected chi connectivity index (χ1v) is 7.59. The SMILES string of the molecule is CC(C)(C)[S@@](=O)N[C@@](C)(CC=O)c1nc(Cl)ccc1F. The van der Waals surface area contributed by atoms with Crippen LogP contribution in [0.1, 0.15) is 39.8 Å². The Labute approximate surface area is 125 Å². The lowest BCUT2D eigenvalue weighted by Gasteiger charge is -2.31. The van der Waals surface area contributed by atoms with Crippen LogP contribution in [-0.4, -0.2) is 20.2 Å². The van der Waals surface area contributed by atoms with Crippen LogP contribution >= 0.6 is 11.6 Å². The molecule has 0 spiro atoms. The Morgan fingerprint density at radius 2 is 2.00 bits per heavy atom. The van der Waals surface area contributed by atoms with Crippen molar-refractivity contribution in [3.63, 3.8) is 0 Å². The molecule has 0 saturated heterocycles. The Balaban J connectivity index is 3.24. The van der Waals surface area contributed by atoms with Gasteiger partial charge in [0.2, 0.25) is 0 Å². The highest BCUT2D eigenvalue weighted by molar-refractivity contribution is 7.84. The second-order valence-electron chi connectivity index (χ2n) is 5.65. The monoisotopic (exact) mass is 320 g/mol. The molecule has 7 heteroatoms. The predicted molar refractivity (Wildman–Crippen MR) is 78.3 cm³/mol. The van der Waals surface area contributed by atoms with Crippen LogP contribution in [0.15, 0.2) is 12.1 Å². The summed E-state index contributed by atoms with van der Waals surface area (Å²) in [6.07, 6.45) is 0.563. The molecule has 0 radical (unpaired) electrons. The van der Waals surface area contributed by atoms with E-state index in [-0.39, 0.29) is 17.3 Å². The van der Waals surface area contributed by atoms with Crippen LogP contribution in [-0.2, 0) is 21.3 Å². The molecule has 2 atom stereocenters. The third-order valence-corrected chi connectivity index (χ3v) is 4.66. The van der Waals surface area contributed by atoms with Gasteiger partial charge >= 0.3 is 0 Å². The van der Waals surface area contributed by atoms with Crippen LogP contribution < -0.4 is 4.72 Å². The number of nitrogens with zero attached hydrogens (tertiary/aromatic N) is 1. The van der Waals surface area contributed by atoms with Gasteiger partial charge in [-0.3, -0.25) is 0 Å². The van der Waals surface area contributed by atoms with Gasteiger partial charge in [-0.2, -0.15) is 0 Å². The average Bonchev–Trinajstić information content (AvgIpc) is 2.31. The molecule has 0 amide bonds. The smallest absolute Gasteiger partial charge is 0.146 e. The van der Waals surface area contributed by atoms with E-state index in [1.165, 1.54) is 12.1 Å². The van der Waals surface area contributed by atoms with Crippen LogP contribution in [0, 0.1) is 5.82 Å². The number of carbonyl (C=O) groups is 1. The molecule has 0 aliphatic rings. The van der Waals surface area contributed by atoms with E-state index in [2.05, 4.69) is 9.71 Å². The van der Waals surface area contributed by atoms with E-state index in [1.54, 1.807) is 27.7 Å². The summed E-state index contributed by atoms with van der Waals surface area (Å²) < 4.78 is 28.4. The molecule has 0 saturated carbocycles. The highest BCUT2D eigenvalue weighted by Crippen LogP contribution is 2.28. The quantitative estimate of drug-likeness (QED) is 0.670. The van der Waals surface area contributed by atoms with Crippen molar-refractivity contribution in [2.45, 2.75) is 44.4 Å². The summed E-state index contributed by atoms with van der Waals surface area (Å²) in [4.78, 5) is 14.8. The highest BCUT2D eigenvalue weighted by atomic mass is 35.5. The van der Waals surface area contributed by atoms with Crippen molar-refractivity contribution in [3.05, 3.63) is 28.8 Å². The van der Waals surface area contributed by atoms with E-state index < -0.39 is 27.1 Å². The zero-order chi connectivity index (χ0) is 15.6. The summed E-state index contributed by atoms with van der Waals surface area (Å²) in [7, 11) is -1.48. The maximum atomic E-state index is 14.0. The number of nitrogens with one attached hydrogen (secondary N) is 1. The molecular weight excluding hydrogens is 303 g/mol. The number of pyridine rings is 1. The first-order chi connectivity index (χ1) is 9.10. The third kappa shape index (κ3) is 4.07. The van der Waals surface area contributed by atoms with E-state index in [0.29, 0.717) is 6.29 Å². The van der Waals surface area contributed by atoms with Crippen LogP contribution in [0.25, 0.3) is 0 Å². The molecule has 112 valence electrons. The second-order valence-corrected chi connectivity index (χ2v) is 8.00. The lowest BCUT2D eigenvalue weighted by Crippen LogP contribution is -2.47. The van der Waals surface area contributed by atoms with Gasteiger partial charge in [-0.25, -0.2) is 18.3 Å². The summed E-state index contributed by atoms with van der Waals surface area (Å²) in [5.41, 5.74) is -1.20. The molecule has 0 aliphatic carbocycles. The van der Waals surface area contributed by atoms with Gasteiger partial charge in [-0.1, -0.05) is 11.6 Å². The molecule has 0 fully saturated rings. The zero-order valence-electron chi connectivity index (χ0n) is 11.9. The van der Waals surface area contributed by atoms with Crippen molar-refractivity contribution in [1.29, 1.82) is 0 Å². The fourth-order valence-corrected chi connectivity index (χ4v) is 2.56. The van der Waals surface area contributed by atoms with Crippen molar-refractivity contribution in [2.75, 3.05) is 0 Å². The fourth-order valence-electron chi connectivity index (χ4n) is 1.52. The first-order valence-electron chi connectivity index (χ1n) is 6.06. The summed E-state index contributed by atoms with van der Waals surface area (Å²) in [6, 6.07) is 2.50. The normalized spacial score (nSPS) is 16.5. The Bertz CT molecular complexity index is 534. The van der Waals surface area contributed by atoms with Crippen molar-refractivity contribution < 1.29 is 13.4 Å². The molecule has 0 aliphatic heterocycles. The topological polar surface area (TPSA) is 59.1 Å². The average molecular weight is 321 g/mol. The van der Waals surface area contributed by atoms with Gasteiger partial charge < -0.3 is 4.79 Å². The minimum Gasteiger partial charge on any atom is -0.303 e. The Morgan fingerprint density at radius 1 is 1.40 bits per heavy atom. The van der Waals surface area contributed by atoms with E-state index in [4.69, 9.17) is 11.6 Å². The summed E-state index contributed by atoms with van der Waals surface area (Å²) in [5.74, 6) is -0.600. The second kappa shape index (κ2) is 6.28. The Kier molecular flexibility index (Phi) is 5.40. The molecule has 1 heterocycles. The Morgan fingerprint density at radius 3 is 2.50 bits per heavy atom. The summed E-state index contributed by atoms with van der Waals surface area (Å²) >= 11 is 5.78. The number of halogens is 2. The standard InChI is InChI=1S/C13H18ClFN2O2S/c1-12(2,3)20(19)17-13(4,7-8-18)11-9(15)5-6-10(14)16-11/h5-6,8,17H,7H2,1-4H3/t13-,20+/m0/s1. The van der Waals surface area contributed by atoms with Crippen LogP contribution in [0.4, 0.5) is 4.39 Å². The number of hydrogen-bond donors (Lipinski definition) is 1. The van der Waals surface area contributed by atoms with Crippen molar-refractivity contribution in [2.24, 2.45) is 0 Å². The minimum absolute atomic E-state index is 0.0188. The Hall–Kier alpha value is -0.850. The van der Waals surface area contributed by atoms with E-state index in [0.717, 1.165) is 0 Å². The number of aromatic nitrogens is 1. The number of aldehydes is 1. The number of rotatable bonds is 5. The fraction of sp³-hybridized carbons (Fsp3) is 0.538. The maximum Gasteiger partial charge on any atom is 0.146 e. The van der Waals surface area contributed by atoms with Gasteiger partial charge in [0.15, 0.2) is 0 Å². The van der Waals surface area contributed by atoms with Gasteiger partial charge in [0.1, 0.15) is 17.3 Å². The van der Waals surface area contributed by atoms with E-state index in [9.17, 15) is 13.4 Å². The molecule has 1 aromatic heterocycles. The van der Waals surface area contributed by atoms with Crippen molar-refractivity contribution >= 4 is 28.9 Å². The van der Waals surface area contributed by atoms with Gasteiger partial charge in [0.25, 0.3) is 0 Å². The van der Waals surface area contributed by atoms with Crippen LogP contribution in [0.5, 0.6) is 0 Å². The molecular formula is C13H18ClFN2O2S. The van der Waals surface area contributed by atoms with Crippen molar-refractivity contribution in [3.8, 4) is 0 Å². The summed E-state index contributed by atoms with van der Waals surface area (Å²) in [6.45, 7) is 6.91. The van der Waals surface area contributed by atoms with E-state index >= 15 is 0 Å². The third-order valence-electron chi connectivity index (χ3n) is 2.70. The maximum absolute atomic E-state index is 14.0. The summed E-state index contributed by atoms with van der Waals surface area (Å²) in [5, 5.41) is 0.113. The lowest BCUT2D eigenvalue weighted by molar-refractivity contribution is -0.108. The molecule has 0 aromatic carbocycles. The predicted octanol–water partition coefficient (Wildman–Crippen LogP) is 2.73. The van der Waals surface area contributed by atoms with E-state index in [1.807, 2.05) is 0 Å². The molecule has 1 rings (SSSR count). The molecule has 1 aromatic rings. The molecule has 0 unspecified atom stereocenters. The van der Waals surface area contributed by atoms with Gasteiger partial charge in [0, 0.05) is 6.42 Å². The molecule has 20 heavy (non-hydrogen) atoms. The zero-order valence-corrected chi connectivity index (χ0v) is 13.4. The minimum atomic E-state index is -1.48. The largest absolute Gasteiger partial charge is 0.303 e. The van der Waals surface area contributed by atoms with Crippen molar-refractivity contribution in [1.82, 2.24) is 9.71 Å². The first kappa shape index (κ1) is 17.2. The van der Waals surface area contributed by atoms with Gasteiger partial charge in [-0.15, -0.1) is 0 Å². The van der Waals surface area contributed by atoms with Gasteiger partial charge in [0.05, 0.1) is 27.0 Å². The molecule has 1 N–H and O–H groups in total. The lowest BCUT2D eigenvalue weighted by atomic mass is 9.95. The highest BCUT2D eigenvalue weighted by Gasteiger charge is 2.35. The number of carbonyl (C=O) groups excluding carboxylic acids is 1.